The smallest absolute Gasteiger partial charge is 0.295 e. The van der Waals surface area contributed by atoms with Crippen molar-refractivity contribution < 1.29 is 14.7 Å². The largest absolute Gasteiger partial charge is 0.507 e. The Kier molecular flexibility index (Phi) is 13.6. The molecule has 1 aliphatic heterocycles. The van der Waals surface area contributed by atoms with E-state index in [0.29, 0.717) is 17.1 Å². The lowest BCUT2D eigenvalue weighted by atomic mass is 9.95. The molecule has 1 fully saturated rings. The SMILES string of the molecule is CCCCCCCCCCCCCCCCN1C(=O)C(=O)C(=C(O)c2ccc(Br)cc2)C1c1ccc(Cl)cc1. The van der Waals surface area contributed by atoms with Gasteiger partial charge in [0, 0.05) is 21.6 Å². The number of halogens is 2. The van der Waals surface area contributed by atoms with Gasteiger partial charge in [0.15, 0.2) is 0 Å². The van der Waals surface area contributed by atoms with Crippen LogP contribution in [0.1, 0.15) is 114 Å². The minimum Gasteiger partial charge on any atom is -0.507 e. The van der Waals surface area contributed by atoms with Crippen LogP contribution in [0.2, 0.25) is 5.02 Å². The highest BCUT2D eigenvalue weighted by molar-refractivity contribution is 9.10. The van der Waals surface area contributed by atoms with Crippen LogP contribution in [-0.2, 0) is 9.59 Å². The Morgan fingerprint density at radius 1 is 0.769 bits per heavy atom. The van der Waals surface area contributed by atoms with Gasteiger partial charge in [0.05, 0.1) is 11.6 Å². The van der Waals surface area contributed by atoms with E-state index >= 15 is 0 Å². The van der Waals surface area contributed by atoms with Gasteiger partial charge in [0.2, 0.25) is 0 Å². The van der Waals surface area contributed by atoms with Gasteiger partial charge in [-0.2, -0.15) is 0 Å². The van der Waals surface area contributed by atoms with Gasteiger partial charge in [-0.3, -0.25) is 9.59 Å². The lowest BCUT2D eigenvalue weighted by Gasteiger charge is -2.25. The number of carbonyl (C=O) groups is 2. The molecule has 39 heavy (non-hydrogen) atoms. The molecule has 0 spiro atoms. The molecule has 0 aliphatic carbocycles. The highest BCUT2D eigenvalue weighted by Gasteiger charge is 2.45. The van der Waals surface area contributed by atoms with Crippen LogP contribution in [0.5, 0.6) is 0 Å². The normalized spacial score (nSPS) is 16.8. The number of nitrogens with zero attached hydrogens (tertiary/aromatic N) is 1. The predicted molar refractivity (Wildman–Crippen MR) is 165 cm³/mol. The number of benzene rings is 2. The Balaban J connectivity index is 1.52. The summed E-state index contributed by atoms with van der Waals surface area (Å²) < 4.78 is 0.867. The van der Waals surface area contributed by atoms with Crippen molar-refractivity contribution in [1.82, 2.24) is 4.90 Å². The zero-order valence-electron chi connectivity index (χ0n) is 23.3. The second kappa shape index (κ2) is 16.9. The molecule has 0 saturated carbocycles. The molecular weight excluding hydrogens is 574 g/mol. The summed E-state index contributed by atoms with van der Waals surface area (Å²) in [6.45, 7) is 2.74. The van der Waals surface area contributed by atoms with Crippen LogP contribution in [0.4, 0.5) is 0 Å². The maximum absolute atomic E-state index is 13.2. The molecule has 1 saturated heterocycles. The van der Waals surface area contributed by atoms with Crippen molar-refractivity contribution in [2.24, 2.45) is 0 Å². The van der Waals surface area contributed by atoms with E-state index in [1.165, 1.54) is 70.6 Å². The average Bonchev–Trinajstić information content (AvgIpc) is 3.18. The summed E-state index contributed by atoms with van der Waals surface area (Å²) in [5, 5.41) is 11.7. The summed E-state index contributed by atoms with van der Waals surface area (Å²) in [7, 11) is 0. The Labute approximate surface area is 248 Å². The maximum atomic E-state index is 13.2. The topological polar surface area (TPSA) is 57.6 Å². The first-order chi connectivity index (χ1) is 18.9. The van der Waals surface area contributed by atoms with E-state index in [9.17, 15) is 14.7 Å². The first-order valence-corrected chi connectivity index (χ1v) is 15.9. The summed E-state index contributed by atoms with van der Waals surface area (Å²) in [5.74, 6) is -1.34. The zero-order chi connectivity index (χ0) is 28.0. The average molecular weight is 617 g/mol. The number of aliphatic hydroxyl groups excluding tert-OH is 1. The van der Waals surface area contributed by atoms with Gasteiger partial charge < -0.3 is 10.0 Å². The van der Waals surface area contributed by atoms with Gasteiger partial charge in [-0.15, -0.1) is 0 Å². The molecule has 6 heteroatoms. The third-order valence-corrected chi connectivity index (χ3v) is 8.38. The Bertz CT molecular complexity index is 1080. The van der Waals surface area contributed by atoms with Crippen molar-refractivity contribution in [3.05, 3.63) is 74.7 Å². The molecular formula is C33H43BrClNO3. The lowest BCUT2D eigenvalue weighted by Crippen LogP contribution is -2.30. The zero-order valence-corrected chi connectivity index (χ0v) is 25.6. The quantitative estimate of drug-likeness (QED) is 0.0833. The van der Waals surface area contributed by atoms with Gasteiger partial charge in [-0.25, -0.2) is 0 Å². The van der Waals surface area contributed by atoms with Gasteiger partial charge in [0.25, 0.3) is 11.7 Å². The van der Waals surface area contributed by atoms with Crippen LogP contribution >= 0.6 is 27.5 Å². The molecule has 212 valence electrons. The molecule has 0 radical (unpaired) electrons. The second-order valence-electron chi connectivity index (χ2n) is 10.6. The standard InChI is InChI=1S/C33H43BrClNO3/c1-2-3-4-5-6-7-8-9-10-11-12-13-14-15-24-36-30(25-18-22-28(35)23-19-25)29(32(38)33(36)39)31(37)26-16-20-27(34)21-17-26/h16-23,30,37H,2-15,24H2,1H3. The van der Waals surface area contributed by atoms with E-state index in [4.69, 9.17) is 11.6 Å². The van der Waals surface area contributed by atoms with Crippen molar-refractivity contribution in [2.45, 2.75) is 103 Å². The number of carbonyl (C=O) groups excluding carboxylic acids is 2. The molecule has 4 nitrogen and oxygen atoms in total. The Morgan fingerprint density at radius 2 is 1.26 bits per heavy atom. The van der Waals surface area contributed by atoms with Crippen molar-refractivity contribution in [1.29, 1.82) is 0 Å². The van der Waals surface area contributed by atoms with Crippen molar-refractivity contribution in [2.75, 3.05) is 6.54 Å². The summed E-state index contributed by atoms with van der Waals surface area (Å²) in [6, 6.07) is 13.6. The summed E-state index contributed by atoms with van der Waals surface area (Å²) in [6.07, 6.45) is 17.6. The molecule has 1 N–H and O–H groups in total. The molecule has 0 bridgehead atoms. The number of amides is 1. The molecule has 1 atom stereocenters. The van der Waals surface area contributed by atoms with E-state index in [-0.39, 0.29) is 11.3 Å². The highest BCUT2D eigenvalue weighted by atomic mass is 79.9. The second-order valence-corrected chi connectivity index (χ2v) is 12.0. The van der Waals surface area contributed by atoms with Gasteiger partial charge in [-0.1, -0.05) is 142 Å². The van der Waals surface area contributed by atoms with Crippen molar-refractivity contribution in [3.8, 4) is 0 Å². The minimum atomic E-state index is -0.638. The number of rotatable bonds is 17. The number of hydrogen-bond donors (Lipinski definition) is 1. The number of unbranched alkanes of at least 4 members (excludes halogenated alkanes) is 13. The van der Waals surface area contributed by atoms with Crippen LogP contribution in [-0.4, -0.2) is 28.2 Å². The molecule has 2 aromatic carbocycles. The molecule has 1 heterocycles. The van der Waals surface area contributed by atoms with E-state index in [0.717, 1.165) is 29.3 Å². The fourth-order valence-corrected chi connectivity index (χ4v) is 5.73. The molecule has 1 amide bonds. The van der Waals surface area contributed by atoms with E-state index in [2.05, 4.69) is 22.9 Å². The molecule has 3 rings (SSSR count). The minimum absolute atomic E-state index is 0.134. The molecule has 1 aliphatic rings. The fourth-order valence-electron chi connectivity index (χ4n) is 5.34. The number of ketones is 1. The molecule has 2 aromatic rings. The monoisotopic (exact) mass is 615 g/mol. The third kappa shape index (κ3) is 9.49. The summed E-state index contributed by atoms with van der Waals surface area (Å²) in [4.78, 5) is 27.9. The Hall–Kier alpha value is -2.11. The van der Waals surface area contributed by atoms with E-state index in [1.54, 1.807) is 41.3 Å². The predicted octanol–water partition coefficient (Wildman–Crippen LogP) is 10.0. The van der Waals surface area contributed by atoms with Gasteiger partial charge >= 0.3 is 0 Å². The number of likely N-dealkylation sites (tertiary alicyclic amines) is 1. The number of hydrogen-bond acceptors (Lipinski definition) is 3. The molecule has 1 unspecified atom stereocenters. The third-order valence-electron chi connectivity index (χ3n) is 7.60. The first kappa shape index (κ1) is 31.4. The van der Waals surface area contributed by atoms with E-state index < -0.39 is 17.7 Å². The summed E-state index contributed by atoms with van der Waals surface area (Å²) >= 11 is 9.51. The first-order valence-electron chi connectivity index (χ1n) is 14.7. The van der Waals surface area contributed by atoms with Crippen LogP contribution < -0.4 is 0 Å². The Morgan fingerprint density at radius 3 is 1.77 bits per heavy atom. The fraction of sp³-hybridized carbons (Fsp3) is 0.515. The van der Waals surface area contributed by atoms with Crippen molar-refractivity contribution in [3.63, 3.8) is 0 Å². The number of Topliss-reactive ketones (excluding diaryl/α,β-unsaturated/α-hetero) is 1. The number of aliphatic hydroxyl groups is 1. The van der Waals surface area contributed by atoms with Crippen LogP contribution in [0, 0.1) is 0 Å². The van der Waals surface area contributed by atoms with Gasteiger partial charge in [-0.05, 0) is 36.2 Å². The van der Waals surface area contributed by atoms with Crippen LogP contribution in [0.15, 0.2) is 58.6 Å². The van der Waals surface area contributed by atoms with Crippen molar-refractivity contribution >= 4 is 45.0 Å². The summed E-state index contributed by atoms with van der Waals surface area (Å²) in [5.41, 5.74) is 1.41. The lowest BCUT2D eigenvalue weighted by molar-refractivity contribution is -0.139. The molecule has 0 aromatic heterocycles. The van der Waals surface area contributed by atoms with Crippen LogP contribution in [0.3, 0.4) is 0 Å². The van der Waals surface area contributed by atoms with Crippen LogP contribution in [0.25, 0.3) is 5.76 Å². The van der Waals surface area contributed by atoms with Gasteiger partial charge in [0.1, 0.15) is 5.76 Å². The van der Waals surface area contributed by atoms with E-state index in [1.807, 2.05) is 12.1 Å². The highest BCUT2D eigenvalue weighted by Crippen LogP contribution is 2.40. The maximum Gasteiger partial charge on any atom is 0.295 e.